The number of nitro groups is 1. The lowest BCUT2D eigenvalue weighted by atomic mass is 10.4. The van der Waals surface area contributed by atoms with Crippen molar-refractivity contribution in [3.63, 3.8) is 0 Å². The molecule has 0 aliphatic heterocycles. The summed E-state index contributed by atoms with van der Waals surface area (Å²) in [6.45, 7) is 0. The van der Waals surface area contributed by atoms with E-state index in [0.29, 0.717) is 0 Å². The van der Waals surface area contributed by atoms with Crippen molar-refractivity contribution >= 4 is 17.3 Å². The van der Waals surface area contributed by atoms with Crippen LogP contribution in [0.4, 0.5) is 5.69 Å². The molecule has 0 spiro atoms. The van der Waals surface area contributed by atoms with Gasteiger partial charge in [0.2, 0.25) is 5.88 Å². The van der Waals surface area contributed by atoms with Gasteiger partial charge in [0.1, 0.15) is 11.5 Å². The maximum absolute atomic E-state index is 10.6. The van der Waals surface area contributed by atoms with Crippen molar-refractivity contribution in [1.29, 1.82) is 0 Å². The maximum atomic E-state index is 10.6. The molecule has 88 valence electrons. The molecule has 0 atom stereocenters. The fourth-order valence-electron chi connectivity index (χ4n) is 1.08. The van der Waals surface area contributed by atoms with Gasteiger partial charge in [-0.3, -0.25) is 14.8 Å². The molecule has 0 aliphatic rings. The lowest BCUT2D eigenvalue weighted by Gasteiger charge is -2.00. The molecular formula is C8H6ClN5O3. The third-order valence-corrected chi connectivity index (χ3v) is 1.93. The van der Waals surface area contributed by atoms with Crippen LogP contribution in [0.15, 0.2) is 18.5 Å². The second kappa shape index (κ2) is 4.34. The Hall–Kier alpha value is -2.22. The molecule has 2 aromatic heterocycles. The van der Waals surface area contributed by atoms with Gasteiger partial charge >= 0.3 is 6.01 Å². The molecule has 2 heterocycles. The summed E-state index contributed by atoms with van der Waals surface area (Å²) in [6, 6.07) is 2.30. The van der Waals surface area contributed by atoms with Crippen LogP contribution in [0.3, 0.4) is 0 Å². The van der Waals surface area contributed by atoms with Crippen LogP contribution in [0, 0.1) is 10.1 Å². The Labute approximate surface area is 100.0 Å². The number of halogens is 1. The van der Waals surface area contributed by atoms with Gasteiger partial charge in [0.05, 0.1) is 17.1 Å². The lowest BCUT2D eigenvalue weighted by molar-refractivity contribution is -0.385. The van der Waals surface area contributed by atoms with Crippen LogP contribution >= 0.6 is 11.6 Å². The minimum atomic E-state index is -0.591. The van der Waals surface area contributed by atoms with E-state index < -0.39 is 4.92 Å². The van der Waals surface area contributed by atoms with Crippen LogP contribution in [0.2, 0.25) is 5.15 Å². The van der Waals surface area contributed by atoms with Gasteiger partial charge in [0, 0.05) is 7.05 Å². The van der Waals surface area contributed by atoms with Crippen LogP contribution in [0.25, 0.3) is 0 Å². The Bertz CT molecular complexity index is 570. The molecule has 17 heavy (non-hydrogen) atoms. The number of rotatable bonds is 3. The fourth-order valence-corrected chi connectivity index (χ4v) is 1.27. The summed E-state index contributed by atoms with van der Waals surface area (Å²) >= 11 is 5.62. The predicted molar refractivity (Wildman–Crippen MR) is 57.0 cm³/mol. The number of aryl methyl sites for hydroxylation is 1. The number of pyridine rings is 1. The highest BCUT2D eigenvalue weighted by Crippen LogP contribution is 2.24. The van der Waals surface area contributed by atoms with Crippen molar-refractivity contribution in [1.82, 2.24) is 19.7 Å². The molecule has 0 bridgehead atoms. The SMILES string of the molecule is Cn1cnc(Oc2cc([N+](=O)[O-])cc(Cl)n2)n1. The van der Waals surface area contributed by atoms with E-state index in [1.165, 1.54) is 11.0 Å². The first-order chi connectivity index (χ1) is 8.04. The Kier molecular flexibility index (Phi) is 2.88. The van der Waals surface area contributed by atoms with E-state index in [0.717, 1.165) is 12.1 Å². The molecule has 0 radical (unpaired) electrons. The van der Waals surface area contributed by atoms with E-state index in [1.54, 1.807) is 7.05 Å². The molecule has 0 saturated carbocycles. The minimum Gasteiger partial charge on any atom is -0.404 e. The zero-order chi connectivity index (χ0) is 12.4. The van der Waals surface area contributed by atoms with E-state index in [9.17, 15) is 10.1 Å². The maximum Gasteiger partial charge on any atom is 0.342 e. The molecule has 8 nitrogen and oxygen atoms in total. The summed E-state index contributed by atoms with van der Waals surface area (Å²) in [5.41, 5.74) is -0.212. The first-order valence-corrected chi connectivity index (χ1v) is 4.78. The topological polar surface area (TPSA) is 96.0 Å². The van der Waals surface area contributed by atoms with Crippen LogP contribution in [0.1, 0.15) is 0 Å². The molecule has 0 fully saturated rings. The van der Waals surface area contributed by atoms with Crippen LogP contribution in [0.5, 0.6) is 11.9 Å². The van der Waals surface area contributed by atoms with Gasteiger partial charge < -0.3 is 4.74 Å². The Morgan fingerprint density at radius 1 is 1.53 bits per heavy atom. The minimum absolute atomic E-state index is 0.0320. The van der Waals surface area contributed by atoms with Gasteiger partial charge in [-0.2, -0.15) is 4.98 Å². The predicted octanol–water partition coefficient (Wildman–Crippen LogP) is 1.56. The highest BCUT2D eigenvalue weighted by molar-refractivity contribution is 6.29. The Morgan fingerprint density at radius 3 is 2.88 bits per heavy atom. The molecule has 0 N–H and O–H groups in total. The standard InChI is InChI=1S/C8H6ClN5O3/c1-13-4-10-8(12-13)17-7-3-5(14(15)16)2-6(9)11-7/h2-4H,1H3. The second-order valence-electron chi connectivity index (χ2n) is 3.05. The molecule has 0 saturated heterocycles. The lowest BCUT2D eigenvalue weighted by Crippen LogP contribution is -1.95. The molecule has 2 aromatic rings. The van der Waals surface area contributed by atoms with Gasteiger partial charge in [0.25, 0.3) is 5.69 Å². The average molecular weight is 256 g/mol. The van der Waals surface area contributed by atoms with Crippen LogP contribution in [-0.2, 0) is 7.05 Å². The van der Waals surface area contributed by atoms with Crippen molar-refractivity contribution in [3.8, 4) is 11.9 Å². The van der Waals surface area contributed by atoms with Crippen molar-refractivity contribution < 1.29 is 9.66 Å². The molecule has 2 rings (SSSR count). The number of hydrogen-bond acceptors (Lipinski definition) is 6. The third-order valence-electron chi connectivity index (χ3n) is 1.74. The molecular weight excluding hydrogens is 250 g/mol. The largest absolute Gasteiger partial charge is 0.404 e. The van der Waals surface area contributed by atoms with Crippen molar-refractivity contribution in [2.75, 3.05) is 0 Å². The van der Waals surface area contributed by atoms with E-state index >= 15 is 0 Å². The highest BCUT2D eigenvalue weighted by atomic mass is 35.5. The van der Waals surface area contributed by atoms with Crippen LogP contribution < -0.4 is 4.74 Å². The van der Waals surface area contributed by atoms with E-state index in [1.807, 2.05) is 0 Å². The zero-order valence-corrected chi connectivity index (χ0v) is 9.33. The summed E-state index contributed by atoms with van der Waals surface area (Å²) < 4.78 is 6.55. The normalized spacial score (nSPS) is 10.2. The number of ether oxygens (including phenoxy) is 1. The third kappa shape index (κ3) is 2.67. The smallest absolute Gasteiger partial charge is 0.342 e. The van der Waals surface area contributed by atoms with Crippen molar-refractivity contribution in [2.45, 2.75) is 0 Å². The quantitative estimate of drug-likeness (QED) is 0.469. The monoisotopic (exact) mass is 255 g/mol. The molecule has 0 amide bonds. The Balaban J connectivity index is 2.29. The van der Waals surface area contributed by atoms with Gasteiger partial charge in [0.15, 0.2) is 0 Å². The number of aromatic nitrogens is 4. The summed E-state index contributed by atoms with van der Waals surface area (Å²) in [5, 5.41) is 14.4. The first kappa shape index (κ1) is 11.3. The van der Waals surface area contributed by atoms with E-state index in [2.05, 4.69) is 15.1 Å². The summed E-state index contributed by atoms with van der Waals surface area (Å²) in [4.78, 5) is 17.6. The molecule has 9 heteroatoms. The number of nitrogens with zero attached hydrogens (tertiary/aromatic N) is 5. The van der Waals surface area contributed by atoms with Gasteiger partial charge in [-0.05, 0) is 0 Å². The highest BCUT2D eigenvalue weighted by Gasteiger charge is 2.12. The van der Waals surface area contributed by atoms with Gasteiger partial charge in [-0.1, -0.05) is 11.6 Å². The van der Waals surface area contributed by atoms with E-state index in [4.69, 9.17) is 16.3 Å². The molecule has 0 unspecified atom stereocenters. The average Bonchev–Trinajstić information content (AvgIpc) is 2.63. The second-order valence-corrected chi connectivity index (χ2v) is 3.43. The van der Waals surface area contributed by atoms with Gasteiger partial charge in [-0.25, -0.2) is 4.98 Å². The van der Waals surface area contributed by atoms with E-state index in [-0.39, 0.29) is 22.7 Å². The first-order valence-electron chi connectivity index (χ1n) is 4.40. The summed E-state index contributed by atoms with van der Waals surface area (Å²) in [5.74, 6) is -0.0320. The zero-order valence-electron chi connectivity index (χ0n) is 8.57. The fraction of sp³-hybridized carbons (Fsp3) is 0.125. The summed E-state index contributed by atoms with van der Waals surface area (Å²) in [7, 11) is 1.66. The van der Waals surface area contributed by atoms with Gasteiger partial charge in [-0.15, -0.1) is 5.10 Å². The molecule has 0 aliphatic carbocycles. The van der Waals surface area contributed by atoms with Crippen LogP contribution in [-0.4, -0.2) is 24.7 Å². The molecule has 0 aromatic carbocycles. The van der Waals surface area contributed by atoms with Crippen molar-refractivity contribution in [3.05, 3.63) is 33.7 Å². The Morgan fingerprint density at radius 2 is 2.29 bits per heavy atom. The number of hydrogen-bond donors (Lipinski definition) is 0. The van der Waals surface area contributed by atoms with Crippen molar-refractivity contribution in [2.24, 2.45) is 7.05 Å². The summed E-state index contributed by atoms with van der Waals surface area (Å²) in [6.07, 6.45) is 1.42.